The van der Waals surface area contributed by atoms with Gasteiger partial charge in [-0.3, -0.25) is 9.97 Å². The molecular weight excluding hydrogens is 560 g/mol. The minimum Gasteiger partial charge on any atom is -0.414 e. The SMILES string of the molecule is c1cnc2c(c1)ccc1ccc(-c3nnc(-c4ccc(-c5nnc(-c6ccc7ccc8cccnc8c7n6)o5)s4)o3)nc12. The van der Waals surface area contributed by atoms with Gasteiger partial charge in [-0.25, -0.2) is 9.97 Å². The molecule has 43 heavy (non-hydrogen) atoms. The van der Waals surface area contributed by atoms with E-state index in [4.69, 9.17) is 18.8 Å². The Bertz CT molecular complexity index is 2330. The lowest BCUT2D eigenvalue weighted by atomic mass is 10.1. The molecule has 11 heteroatoms. The molecule has 0 fully saturated rings. The number of pyridine rings is 4. The van der Waals surface area contributed by atoms with Crippen LogP contribution in [0.3, 0.4) is 0 Å². The first-order chi connectivity index (χ1) is 21.3. The summed E-state index contributed by atoms with van der Waals surface area (Å²) in [4.78, 5) is 20.2. The molecule has 0 spiro atoms. The Morgan fingerprint density at radius 2 is 0.837 bits per heavy atom. The Hall–Kier alpha value is -5.94. The van der Waals surface area contributed by atoms with Crippen LogP contribution in [0.5, 0.6) is 0 Å². The first-order valence-electron chi connectivity index (χ1n) is 13.3. The summed E-state index contributed by atoms with van der Waals surface area (Å²) in [5.41, 5.74) is 4.37. The summed E-state index contributed by atoms with van der Waals surface area (Å²) >= 11 is 1.41. The van der Waals surface area contributed by atoms with Crippen molar-refractivity contribution in [3.05, 3.63) is 97.3 Å². The van der Waals surface area contributed by atoms with Gasteiger partial charge in [0.25, 0.3) is 23.6 Å². The molecule has 0 unspecified atom stereocenters. The van der Waals surface area contributed by atoms with Gasteiger partial charge in [0.1, 0.15) is 11.4 Å². The molecule has 0 saturated carbocycles. The average molecular weight is 577 g/mol. The summed E-state index contributed by atoms with van der Waals surface area (Å²) in [7, 11) is 0. The predicted molar refractivity (Wildman–Crippen MR) is 163 cm³/mol. The Balaban J connectivity index is 1.02. The highest BCUT2D eigenvalue weighted by Gasteiger charge is 2.19. The molecule has 202 valence electrons. The van der Waals surface area contributed by atoms with Crippen molar-refractivity contribution in [2.24, 2.45) is 0 Å². The van der Waals surface area contributed by atoms with Crippen molar-refractivity contribution in [1.29, 1.82) is 0 Å². The summed E-state index contributed by atoms with van der Waals surface area (Å²) in [6, 6.07) is 27.5. The van der Waals surface area contributed by atoms with Crippen LogP contribution in [-0.2, 0) is 0 Å². The van der Waals surface area contributed by atoms with Gasteiger partial charge in [-0.2, -0.15) is 0 Å². The molecule has 9 rings (SSSR count). The van der Waals surface area contributed by atoms with E-state index in [1.165, 1.54) is 11.3 Å². The number of rotatable bonds is 4. The molecule has 0 aliphatic carbocycles. The molecule has 9 aromatic rings. The Kier molecular flexibility index (Phi) is 5.13. The van der Waals surface area contributed by atoms with Gasteiger partial charge in [0.15, 0.2) is 0 Å². The van der Waals surface area contributed by atoms with Gasteiger partial charge < -0.3 is 8.83 Å². The highest BCUT2D eigenvalue weighted by atomic mass is 32.1. The highest BCUT2D eigenvalue weighted by Crippen LogP contribution is 2.36. The molecule has 0 bridgehead atoms. The number of aromatic nitrogens is 8. The monoisotopic (exact) mass is 576 g/mol. The number of benzene rings is 2. The molecule has 0 N–H and O–H groups in total. The summed E-state index contributed by atoms with van der Waals surface area (Å²) in [6.45, 7) is 0. The maximum absolute atomic E-state index is 6.04. The van der Waals surface area contributed by atoms with Crippen LogP contribution < -0.4 is 0 Å². The second kappa shape index (κ2) is 9.29. The molecule has 2 aromatic carbocycles. The topological polar surface area (TPSA) is 129 Å². The van der Waals surface area contributed by atoms with E-state index in [2.05, 4.69) is 30.4 Å². The predicted octanol–water partition coefficient (Wildman–Crippen LogP) is 7.37. The molecule has 0 atom stereocenters. The minimum atomic E-state index is 0.323. The first kappa shape index (κ1) is 23.7. The zero-order chi connectivity index (χ0) is 28.3. The van der Waals surface area contributed by atoms with Crippen molar-refractivity contribution in [3.8, 4) is 44.7 Å². The molecule has 0 saturated heterocycles. The van der Waals surface area contributed by atoms with Gasteiger partial charge >= 0.3 is 0 Å². The number of fused-ring (bicyclic) bond motifs is 6. The van der Waals surface area contributed by atoms with Crippen LogP contribution in [0, 0.1) is 0 Å². The van der Waals surface area contributed by atoms with E-state index in [0.717, 1.165) is 53.4 Å². The van der Waals surface area contributed by atoms with Crippen molar-refractivity contribution in [3.63, 3.8) is 0 Å². The maximum Gasteiger partial charge on any atom is 0.266 e. The van der Waals surface area contributed by atoms with E-state index < -0.39 is 0 Å². The van der Waals surface area contributed by atoms with Crippen LogP contribution in [0.25, 0.3) is 88.3 Å². The second-order valence-electron chi connectivity index (χ2n) is 9.81. The molecule has 0 radical (unpaired) electrons. The van der Waals surface area contributed by atoms with Gasteiger partial charge in [-0.05, 0) is 36.4 Å². The molecule has 0 aliphatic rings. The van der Waals surface area contributed by atoms with Gasteiger partial charge in [0.05, 0.1) is 31.8 Å². The van der Waals surface area contributed by atoms with Crippen molar-refractivity contribution in [1.82, 2.24) is 40.3 Å². The molecule has 10 nitrogen and oxygen atoms in total. The summed E-state index contributed by atoms with van der Waals surface area (Å²) in [5.74, 6) is 1.40. The largest absolute Gasteiger partial charge is 0.414 e. The summed E-state index contributed by atoms with van der Waals surface area (Å²) < 4.78 is 12.1. The minimum absolute atomic E-state index is 0.323. The molecule has 0 amide bonds. The number of nitrogens with zero attached hydrogens (tertiary/aromatic N) is 8. The van der Waals surface area contributed by atoms with Crippen LogP contribution in [0.1, 0.15) is 0 Å². The van der Waals surface area contributed by atoms with E-state index in [0.29, 0.717) is 35.0 Å². The number of hydrogen-bond donors (Lipinski definition) is 0. The number of thiophene rings is 1. The Morgan fingerprint density at radius 1 is 0.419 bits per heavy atom. The third-order valence-electron chi connectivity index (χ3n) is 7.18. The normalized spacial score (nSPS) is 11.7. The van der Waals surface area contributed by atoms with Crippen LogP contribution in [0.15, 0.2) is 106 Å². The fourth-order valence-corrected chi connectivity index (χ4v) is 5.95. The van der Waals surface area contributed by atoms with Crippen molar-refractivity contribution in [2.75, 3.05) is 0 Å². The third-order valence-corrected chi connectivity index (χ3v) is 8.24. The van der Waals surface area contributed by atoms with E-state index in [-0.39, 0.29) is 0 Å². The fraction of sp³-hybridized carbons (Fsp3) is 0. The lowest BCUT2D eigenvalue weighted by molar-refractivity contribution is 0.584. The van der Waals surface area contributed by atoms with Gasteiger partial charge in [0.2, 0.25) is 0 Å². The maximum atomic E-state index is 6.04. The Labute approximate surface area is 245 Å². The second-order valence-corrected chi connectivity index (χ2v) is 10.9. The standard InChI is InChI=1S/C32H16N8O2S/c1-3-17-5-7-19-9-11-21(35-27(19)25(17)33-15-1)29-37-39-31(41-29)23-13-14-24(43-23)32-40-38-30(42-32)22-12-10-20-8-6-18-4-2-16-34-26(18)28(20)36-22/h1-16H. The summed E-state index contributed by atoms with van der Waals surface area (Å²) in [5, 5.41) is 21.1. The first-order valence-corrected chi connectivity index (χ1v) is 14.2. The van der Waals surface area contributed by atoms with Gasteiger partial charge in [-0.1, -0.05) is 48.5 Å². The van der Waals surface area contributed by atoms with Crippen molar-refractivity contribution in [2.45, 2.75) is 0 Å². The van der Waals surface area contributed by atoms with Crippen molar-refractivity contribution >= 4 is 54.9 Å². The van der Waals surface area contributed by atoms with E-state index >= 15 is 0 Å². The Morgan fingerprint density at radius 3 is 1.33 bits per heavy atom. The van der Waals surface area contributed by atoms with Crippen molar-refractivity contribution < 1.29 is 8.83 Å². The zero-order valence-corrected chi connectivity index (χ0v) is 22.9. The molecule has 7 aromatic heterocycles. The lowest BCUT2D eigenvalue weighted by Crippen LogP contribution is -1.88. The van der Waals surface area contributed by atoms with E-state index in [9.17, 15) is 0 Å². The van der Waals surface area contributed by atoms with Crippen LogP contribution in [0.2, 0.25) is 0 Å². The number of hydrogen-bond acceptors (Lipinski definition) is 11. The third kappa shape index (κ3) is 3.94. The van der Waals surface area contributed by atoms with Gasteiger partial charge in [-0.15, -0.1) is 31.7 Å². The zero-order valence-electron chi connectivity index (χ0n) is 22.0. The lowest BCUT2D eigenvalue weighted by Gasteiger charge is -2.03. The molecule has 0 aliphatic heterocycles. The van der Waals surface area contributed by atoms with E-state index in [1.54, 1.807) is 12.4 Å². The van der Waals surface area contributed by atoms with Gasteiger partial charge in [0, 0.05) is 33.9 Å². The smallest absolute Gasteiger partial charge is 0.266 e. The average Bonchev–Trinajstić information content (AvgIpc) is 3.85. The molecule has 7 heterocycles. The molecular formula is C32H16N8O2S. The van der Waals surface area contributed by atoms with E-state index in [1.807, 2.05) is 84.9 Å². The quantitative estimate of drug-likeness (QED) is 0.196. The van der Waals surface area contributed by atoms with Crippen LogP contribution in [0.4, 0.5) is 0 Å². The van der Waals surface area contributed by atoms with Crippen LogP contribution >= 0.6 is 11.3 Å². The fourth-order valence-electron chi connectivity index (χ4n) is 5.11. The highest BCUT2D eigenvalue weighted by molar-refractivity contribution is 7.18. The van der Waals surface area contributed by atoms with Crippen LogP contribution in [-0.4, -0.2) is 40.3 Å². The summed E-state index contributed by atoms with van der Waals surface area (Å²) in [6.07, 6.45) is 3.53.